The number of aryl methyl sites for hydroxylation is 1. The van der Waals surface area contributed by atoms with E-state index >= 15 is 0 Å². The van der Waals surface area contributed by atoms with E-state index in [1.165, 1.54) is 0 Å². The standard InChI is InChI=1S/C12H13N3O2/c1-15-11(5-6-14-15)8-13-10-4-2-3-9(7-10)12(16)17/h2-7,13H,8H2,1H3,(H,16,17). The fourth-order valence-electron chi connectivity index (χ4n) is 1.53. The van der Waals surface area contributed by atoms with E-state index in [4.69, 9.17) is 5.11 Å². The second-order valence-electron chi connectivity index (χ2n) is 3.69. The maximum atomic E-state index is 10.8. The van der Waals surface area contributed by atoms with Gasteiger partial charge in [0.2, 0.25) is 0 Å². The molecule has 0 spiro atoms. The van der Waals surface area contributed by atoms with Crippen molar-refractivity contribution in [1.82, 2.24) is 9.78 Å². The van der Waals surface area contributed by atoms with E-state index in [0.29, 0.717) is 6.54 Å². The number of anilines is 1. The van der Waals surface area contributed by atoms with Crippen LogP contribution in [-0.4, -0.2) is 20.9 Å². The number of aromatic carboxylic acids is 1. The van der Waals surface area contributed by atoms with Crippen LogP contribution in [0, 0.1) is 0 Å². The van der Waals surface area contributed by atoms with Crippen LogP contribution >= 0.6 is 0 Å². The Labute approximate surface area is 98.7 Å². The number of carboxylic acids is 1. The maximum absolute atomic E-state index is 10.8. The van der Waals surface area contributed by atoms with Crippen LogP contribution in [0.1, 0.15) is 16.1 Å². The van der Waals surface area contributed by atoms with Crippen LogP contribution in [0.2, 0.25) is 0 Å². The minimum absolute atomic E-state index is 0.278. The zero-order chi connectivity index (χ0) is 12.3. The summed E-state index contributed by atoms with van der Waals surface area (Å²) in [7, 11) is 1.87. The Bertz CT molecular complexity index is 534. The molecule has 1 heterocycles. The minimum Gasteiger partial charge on any atom is -0.478 e. The third-order valence-electron chi connectivity index (χ3n) is 2.51. The average Bonchev–Trinajstić information content (AvgIpc) is 2.72. The smallest absolute Gasteiger partial charge is 0.335 e. The molecule has 5 heteroatoms. The number of nitrogens with zero attached hydrogens (tertiary/aromatic N) is 2. The van der Waals surface area contributed by atoms with E-state index in [0.717, 1.165) is 11.4 Å². The van der Waals surface area contributed by atoms with Crippen molar-refractivity contribution in [3.05, 3.63) is 47.8 Å². The van der Waals surface area contributed by atoms with Gasteiger partial charge in [-0.3, -0.25) is 4.68 Å². The topological polar surface area (TPSA) is 67.2 Å². The van der Waals surface area contributed by atoms with Crippen LogP contribution in [0.3, 0.4) is 0 Å². The first-order chi connectivity index (χ1) is 8.16. The summed E-state index contributed by atoms with van der Waals surface area (Å²) >= 11 is 0. The van der Waals surface area contributed by atoms with Crippen molar-refractivity contribution in [2.75, 3.05) is 5.32 Å². The molecule has 0 atom stereocenters. The monoisotopic (exact) mass is 231 g/mol. The number of carbonyl (C=O) groups is 1. The molecule has 1 aromatic carbocycles. The predicted molar refractivity (Wildman–Crippen MR) is 63.9 cm³/mol. The third-order valence-corrected chi connectivity index (χ3v) is 2.51. The van der Waals surface area contributed by atoms with Gasteiger partial charge in [0, 0.05) is 18.9 Å². The number of hydrogen-bond donors (Lipinski definition) is 2. The lowest BCUT2D eigenvalue weighted by atomic mass is 10.2. The second kappa shape index (κ2) is 4.69. The van der Waals surface area contributed by atoms with E-state index in [-0.39, 0.29) is 5.56 Å². The Balaban J connectivity index is 2.07. The van der Waals surface area contributed by atoms with Gasteiger partial charge in [0.05, 0.1) is 17.8 Å². The number of benzene rings is 1. The highest BCUT2D eigenvalue weighted by Gasteiger charge is 2.03. The first kappa shape index (κ1) is 11.2. The molecule has 2 rings (SSSR count). The maximum Gasteiger partial charge on any atom is 0.335 e. The zero-order valence-electron chi connectivity index (χ0n) is 9.42. The molecule has 0 saturated carbocycles. The summed E-state index contributed by atoms with van der Waals surface area (Å²) in [6.07, 6.45) is 1.73. The quantitative estimate of drug-likeness (QED) is 0.841. The Morgan fingerprint density at radius 1 is 1.47 bits per heavy atom. The van der Waals surface area contributed by atoms with E-state index in [1.54, 1.807) is 29.1 Å². The fourth-order valence-corrected chi connectivity index (χ4v) is 1.53. The number of aromatic nitrogens is 2. The first-order valence-corrected chi connectivity index (χ1v) is 5.21. The average molecular weight is 231 g/mol. The summed E-state index contributed by atoms with van der Waals surface area (Å²) < 4.78 is 1.77. The lowest BCUT2D eigenvalue weighted by Gasteiger charge is -2.07. The van der Waals surface area contributed by atoms with Crippen molar-refractivity contribution in [2.24, 2.45) is 7.05 Å². The van der Waals surface area contributed by atoms with Crippen molar-refractivity contribution in [3.8, 4) is 0 Å². The molecule has 0 saturated heterocycles. The minimum atomic E-state index is -0.922. The number of hydrogen-bond acceptors (Lipinski definition) is 3. The summed E-state index contributed by atoms with van der Waals surface area (Å²) in [5, 5.41) is 16.1. The lowest BCUT2D eigenvalue weighted by molar-refractivity contribution is 0.0697. The van der Waals surface area contributed by atoms with Gasteiger partial charge in [0.1, 0.15) is 0 Å². The van der Waals surface area contributed by atoms with Gasteiger partial charge in [-0.25, -0.2) is 4.79 Å². The van der Waals surface area contributed by atoms with Crippen molar-refractivity contribution in [1.29, 1.82) is 0 Å². The van der Waals surface area contributed by atoms with E-state index < -0.39 is 5.97 Å². The number of nitrogens with one attached hydrogen (secondary N) is 1. The molecule has 0 unspecified atom stereocenters. The first-order valence-electron chi connectivity index (χ1n) is 5.21. The molecule has 0 aliphatic rings. The summed E-state index contributed by atoms with van der Waals surface area (Å²) in [6.45, 7) is 0.611. The van der Waals surface area contributed by atoms with Gasteiger partial charge in [-0.15, -0.1) is 0 Å². The summed E-state index contributed by atoms with van der Waals surface area (Å²) in [6, 6.07) is 8.64. The van der Waals surface area contributed by atoms with Crippen LogP contribution in [0.4, 0.5) is 5.69 Å². The Morgan fingerprint density at radius 2 is 2.29 bits per heavy atom. The zero-order valence-corrected chi connectivity index (χ0v) is 9.42. The molecule has 0 fully saturated rings. The van der Waals surface area contributed by atoms with Gasteiger partial charge in [0.15, 0.2) is 0 Å². The molecule has 0 aliphatic heterocycles. The molecule has 88 valence electrons. The largest absolute Gasteiger partial charge is 0.478 e. The fraction of sp³-hybridized carbons (Fsp3) is 0.167. The summed E-state index contributed by atoms with van der Waals surface area (Å²) in [5.74, 6) is -0.922. The molecule has 2 N–H and O–H groups in total. The Morgan fingerprint density at radius 3 is 2.94 bits per heavy atom. The molecule has 2 aromatic rings. The van der Waals surface area contributed by atoms with Crippen LogP contribution in [-0.2, 0) is 13.6 Å². The van der Waals surface area contributed by atoms with Gasteiger partial charge in [-0.05, 0) is 24.3 Å². The van der Waals surface area contributed by atoms with Crippen LogP contribution in [0.5, 0.6) is 0 Å². The van der Waals surface area contributed by atoms with Crippen molar-refractivity contribution < 1.29 is 9.90 Å². The van der Waals surface area contributed by atoms with Gasteiger partial charge in [-0.1, -0.05) is 6.07 Å². The molecular formula is C12H13N3O2. The third kappa shape index (κ3) is 2.63. The Kier molecular flexibility index (Phi) is 3.09. The summed E-state index contributed by atoms with van der Waals surface area (Å²) in [4.78, 5) is 10.8. The SMILES string of the molecule is Cn1nccc1CNc1cccc(C(=O)O)c1. The predicted octanol–water partition coefficient (Wildman–Crippen LogP) is 1.73. The van der Waals surface area contributed by atoms with Gasteiger partial charge in [0.25, 0.3) is 0 Å². The van der Waals surface area contributed by atoms with E-state index in [9.17, 15) is 4.79 Å². The van der Waals surface area contributed by atoms with Crippen molar-refractivity contribution in [3.63, 3.8) is 0 Å². The highest BCUT2D eigenvalue weighted by atomic mass is 16.4. The van der Waals surface area contributed by atoms with Crippen LogP contribution < -0.4 is 5.32 Å². The number of carboxylic acid groups (broad SMARTS) is 1. The molecule has 0 amide bonds. The van der Waals surface area contributed by atoms with Crippen molar-refractivity contribution >= 4 is 11.7 Å². The Hall–Kier alpha value is -2.30. The van der Waals surface area contributed by atoms with Gasteiger partial charge >= 0.3 is 5.97 Å². The highest BCUT2D eigenvalue weighted by molar-refractivity contribution is 5.88. The molecule has 0 aliphatic carbocycles. The van der Waals surface area contributed by atoms with Crippen molar-refractivity contribution in [2.45, 2.75) is 6.54 Å². The van der Waals surface area contributed by atoms with Crippen LogP contribution in [0.25, 0.3) is 0 Å². The molecule has 17 heavy (non-hydrogen) atoms. The van der Waals surface area contributed by atoms with Gasteiger partial charge < -0.3 is 10.4 Å². The van der Waals surface area contributed by atoms with E-state index in [2.05, 4.69) is 10.4 Å². The molecule has 0 bridgehead atoms. The normalized spacial score (nSPS) is 10.2. The lowest BCUT2D eigenvalue weighted by Crippen LogP contribution is -2.06. The summed E-state index contributed by atoms with van der Waals surface area (Å²) in [5.41, 5.74) is 2.09. The molecular weight excluding hydrogens is 218 g/mol. The molecule has 1 aromatic heterocycles. The molecule has 5 nitrogen and oxygen atoms in total. The highest BCUT2D eigenvalue weighted by Crippen LogP contribution is 2.11. The number of rotatable bonds is 4. The molecule has 0 radical (unpaired) electrons. The van der Waals surface area contributed by atoms with Crippen LogP contribution in [0.15, 0.2) is 36.5 Å². The van der Waals surface area contributed by atoms with E-state index in [1.807, 2.05) is 19.2 Å². The second-order valence-corrected chi connectivity index (χ2v) is 3.69. The van der Waals surface area contributed by atoms with Gasteiger partial charge in [-0.2, -0.15) is 5.10 Å².